The first-order valence-corrected chi connectivity index (χ1v) is 13.3. The number of nitrogens with one attached hydrogen (secondary N) is 1. The van der Waals surface area contributed by atoms with Crippen LogP contribution in [0.2, 0.25) is 5.15 Å². The second-order valence-electron chi connectivity index (χ2n) is 8.50. The number of aryl methyl sites for hydroxylation is 1. The summed E-state index contributed by atoms with van der Waals surface area (Å²) in [6.07, 6.45) is 5.14. The first-order valence-electron chi connectivity index (χ1n) is 12.1. The fourth-order valence-electron chi connectivity index (χ4n) is 3.94. The summed E-state index contributed by atoms with van der Waals surface area (Å²) in [5, 5.41) is 14.9. The minimum atomic E-state index is -0.571. The van der Waals surface area contributed by atoms with E-state index in [-0.39, 0.29) is 39.9 Å². The molecule has 0 bridgehead atoms. The number of methoxy groups -OCH3 is 2. The molecule has 1 amide bonds. The normalized spacial score (nSPS) is 13.7. The molecule has 13 nitrogen and oxygen atoms in total. The van der Waals surface area contributed by atoms with E-state index < -0.39 is 5.91 Å². The van der Waals surface area contributed by atoms with Crippen molar-refractivity contribution in [3.63, 3.8) is 0 Å². The Bertz CT molecular complexity index is 1400. The quantitative estimate of drug-likeness (QED) is 0.224. The fourth-order valence-corrected chi connectivity index (χ4v) is 4.81. The van der Waals surface area contributed by atoms with Crippen molar-refractivity contribution in [1.29, 1.82) is 0 Å². The predicted octanol–water partition coefficient (Wildman–Crippen LogP) is 2.71. The van der Waals surface area contributed by atoms with Crippen LogP contribution in [0.25, 0.3) is 11.1 Å². The Morgan fingerprint density at radius 1 is 1.20 bits per heavy atom. The number of esters is 1. The molecule has 1 fully saturated rings. The van der Waals surface area contributed by atoms with Gasteiger partial charge in [0.15, 0.2) is 6.73 Å². The molecule has 40 heavy (non-hydrogen) atoms. The highest BCUT2D eigenvalue weighted by molar-refractivity contribution is 7.10. The zero-order chi connectivity index (χ0) is 29.1. The SMILES string of the molecule is COc1nn(COC(=O)CC2CCNCC2)/c(=N/C(=O)c2cnc(C)cc2-c2cc(Cl)ncc2OC)s1.O=CO. The van der Waals surface area contributed by atoms with E-state index in [0.29, 0.717) is 34.9 Å². The molecule has 2 N–H and O–H groups in total. The average Bonchev–Trinajstić information content (AvgIpc) is 3.34. The summed E-state index contributed by atoms with van der Waals surface area (Å²) >= 11 is 7.18. The Morgan fingerprint density at radius 3 is 2.60 bits per heavy atom. The third-order valence-electron chi connectivity index (χ3n) is 5.85. The highest BCUT2D eigenvalue weighted by atomic mass is 35.5. The van der Waals surface area contributed by atoms with E-state index in [4.69, 9.17) is 35.7 Å². The van der Waals surface area contributed by atoms with Crippen LogP contribution < -0.4 is 19.6 Å². The van der Waals surface area contributed by atoms with Crippen molar-refractivity contribution < 1.29 is 33.7 Å². The molecule has 4 heterocycles. The molecule has 1 aliphatic heterocycles. The molecule has 0 saturated carbocycles. The predicted molar refractivity (Wildman–Crippen MR) is 145 cm³/mol. The van der Waals surface area contributed by atoms with Crippen LogP contribution in [-0.2, 0) is 21.1 Å². The van der Waals surface area contributed by atoms with Gasteiger partial charge in [0.2, 0.25) is 4.80 Å². The maximum Gasteiger partial charge on any atom is 0.307 e. The summed E-state index contributed by atoms with van der Waals surface area (Å²) in [4.78, 5) is 46.9. The van der Waals surface area contributed by atoms with E-state index in [9.17, 15) is 9.59 Å². The average molecular weight is 593 g/mol. The standard InChI is InChI=1S/C24H27ClN6O5S.CH2O2/c1-14-8-16(17-10-20(25)28-12-19(17)34-2)18(11-27-14)22(33)29-23-31(30-24(35-3)37-23)13-36-21(32)9-15-4-6-26-7-5-15;2-1-3/h8,10-12,15,26H,4-7,9,13H2,1-3H3;1H,(H,2,3)/b29-23-;. The number of carbonyl (C=O) groups excluding carboxylic acids is 2. The van der Waals surface area contributed by atoms with Gasteiger partial charge in [-0.25, -0.2) is 4.98 Å². The maximum atomic E-state index is 13.4. The van der Waals surface area contributed by atoms with Gasteiger partial charge in [0.25, 0.3) is 17.6 Å². The summed E-state index contributed by atoms with van der Waals surface area (Å²) in [6.45, 7) is 3.16. The third kappa shape index (κ3) is 8.31. The highest BCUT2D eigenvalue weighted by Gasteiger charge is 2.20. The molecule has 0 radical (unpaired) electrons. The Kier molecular flexibility index (Phi) is 11.5. The molecule has 4 rings (SSSR count). The van der Waals surface area contributed by atoms with E-state index in [1.54, 1.807) is 12.1 Å². The minimum absolute atomic E-state index is 0.192. The molecule has 3 aromatic heterocycles. The molecule has 0 spiro atoms. The van der Waals surface area contributed by atoms with Crippen molar-refractivity contribution in [2.24, 2.45) is 10.9 Å². The monoisotopic (exact) mass is 592 g/mol. The van der Waals surface area contributed by atoms with Gasteiger partial charge in [-0.2, -0.15) is 9.67 Å². The van der Waals surface area contributed by atoms with Crippen molar-refractivity contribution in [3.05, 3.63) is 45.7 Å². The lowest BCUT2D eigenvalue weighted by atomic mass is 9.95. The Hall–Kier alpha value is -3.88. The van der Waals surface area contributed by atoms with Crippen molar-refractivity contribution in [2.75, 3.05) is 27.3 Å². The molecular weight excluding hydrogens is 564 g/mol. The van der Waals surface area contributed by atoms with Gasteiger partial charge in [-0.3, -0.25) is 19.4 Å². The van der Waals surface area contributed by atoms with Crippen molar-refractivity contribution in [2.45, 2.75) is 32.9 Å². The van der Waals surface area contributed by atoms with Crippen LogP contribution in [0.5, 0.6) is 10.9 Å². The third-order valence-corrected chi connectivity index (χ3v) is 6.96. The lowest BCUT2D eigenvalue weighted by Crippen LogP contribution is -2.29. The Morgan fingerprint density at radius 2 is 1.93 bits per heavy atom. The van der Waals surface area contributed by atoms with Crippen molar-refractivity contribution >= 4 is 41.3 Å². The van der Waals surface area contributed by atoms with E-state index >= 15 is 0 Å². The molecule has 3 aromatic rings. The van der Waals surface area contributed by atoms with Crippen LogP contribution in [0.3, 0.4) is 0 Å². The van der Waals surface area contributed by atoms with E-state index in [2.05, 4.69) is 25.4 Å². The number of nitrogens with zero attached hydrogens (tertiary/aromatic N) is 5. The van der Waals surface area contributed by atoms with Crippen LogP contribution in [0, 0.1) is 12.8 Å². The molecule has 0 unspecified atom stereocenters. The zero-order valence-corrected chi connectivity index (χ0v) is 23.7. The molecule has 214 valence electrons. The van der Waals surface area contributed by atoms with Crippen LogP contribution in [0.1, 0.15) is 35.3 Å². The van der Waals surface area contributed by atoms with Gasteiger partial charge in [-0.15, -0.1) is 5.10 Å². The number of carbonyl (C=O) groups is 3. The van der Waals surface area contributed by atoms with Gasteiger partial charge in [0.05, 0.1) is 26.0 Å². The van der Waals surface area contributed by atoms with E-state index in [1.165, 1.54) is 31.3 Å². The number of ether oxygens (including phenoxy) is 3. The lowest BCUT2D eigenvalue weighted by molar-refractivity contribution is -0.149. The highest BCUT2D eigenvalue weighted by Crippen LogP contribution is 2.34. The number of piperidine rings is 1. The first-order chi connectivity index (χ1) is 19.3. The molecule has 0 aromatic carbocycles. The van der Waals surface area contributed by atoms with Gasteiger partial charge < -0.3 is 24.6 Å². The summed E-state index contributed by atoms with van der Waals surface area (Å²) in [7, 11) is 2.96. The van der Waals surface area contributed by atoms with Crippen LogP contribution >= 0.6 is 22.9 Å². The molecule has 1 saturated heterocycles. The lowest BCUT2D eigenvalue weighted by Gasteiger charge is -2.21. The van der Waals surface area contributed by atoms with E-state index in [0.717, 1.165) is 37.3 Å². The minimum Gasteiger partial charge on any atom is -0.494 e. The van der Waals surface area contributed by atoms with Crippen LogP contribution in [0.15, 0.2) is 29.5 Å². The summed E-state index contributed by atoms with van der Waals surface area (Å²) < 4.78 is 17.4. The molecule has 15 heteroatoms. The topological polar surface area (TPSA) is 167 Å². The molecule has 1 aliphatic rings. The van der Waals surface area contributed by atoms with Gasteiger partial charge in [0, 0.05) is 29.4 Å². The number of hydrogen-bond acceptors (Lipinski definition) is 11. The summed E-state index contributed by atoms with van der Waals surface area (Å²) in [5.41, 5.74) is 2.04. The fraction of sp³-hybridized carbons (Fsp3) is 0.400. The number of amides is 1. The van der Waals surface area contributed by atoms with Gasteiger partial charge >= 0.3 is 5.97 Å². The number of carboxylic acid groups (broad SMARTS) is 1. The van der Waals surface area contributed by atoms with Crippen molar-refractivity contribution in [1.82, 2.24) is 25.1 Å². The smallest absolute Gasteiger partial charge is 0.307 e. The number of hydrogen-bond donors (Lipinski definition) is 2. The molecule has 0 atom stereocenters. The molecule has 0 aliphatic carbocycles. The van der Waals surface area contributed by atoms with E-state index in [1.807, 2.05) is 6.92 Å². The zero-order valence-electron chi connectivity index (χ0n) is 22.1. The largest absolute Gasteiger partial charge is 0.494 e. The summed E-state index contributed by atoms with van der Waals surface area (Å²) in [6, 6.07) is 3.37. The number of rotatable bonds is 8. The van der Waals surface area contributed by atoms with Gasteiger partial charge in [-0.1, -0.05) is 11.6 Å². The number of aromatic nitrogens is 4. The van der Waals surface area contributed by atoms with Gasteiger partial charge in [-0.05, 0) is 62.2 Å². The Balaban J connectivity index is 0.00000141. The number of halogens is 1. The van der Waals surface area contributed by atoms with Crippen LogP contribution in [-0.4, -0.2) is 70.5 Å². The maximum absolute atomic E-state index is 13.4. The second kappa shape index (κ2) is 15.1. The molecular formula is C25H29ClN6O7S. The van der Waals surface area contributed by atoms with Gasteiger partial charge in [0.1, 0.15) is 10.9 Å². The number of pyridine rings is 2. The van der Waals surface area contributed by atoms with Crippen LogP contribution in [0.4, 0.5) is 0 Å². The first kappa shape index (κ1) is 30.7. The second-order valence-corrected chi connectivity index (χ2v) is 9.80. The van der Waals surface area contributed by atoms with Crippen molar-refractivity contribution in [3.8, 4) is 22.1 Å². The Labute approximate surface area is 238 Å². The summed E-state index contributed by atoms with van der Waals surface area (Å²) in [5.74, 6) is -0.159.